The van der Waals surface area contributed by atoms with E-state index in [1.807, 2.05) is 24.3 Å². The zero-order valence-electron chi connectivity index (χ0n) is 21.2. The Morgan fingerprint density at radius 1 is 1.11 bits per heavy atom. The minimum absolute atomic E-state index is 0.137. The molecule has 2 unspecified atom stereocenters. The first-order valence-electron chi connectivity index (χ1n) is 13.5. The lowest BCUT2D eigenvalue weighted by Gasteiger charge is -2.43. The molecular weight excluding hydrogens is 474 g/mol. The maximum absolute atomic E-state index is 12.2. The molecule has 3 aliphatic rings. The van der Waals surface area contributed by atoms with Crippen molar-refractivity contribution >= 4 is 23.7 Å². The number of carbonyl (C=O) groups excluding carboxylic acids is 1. The summed E-state index contributed by atoms with van der Waals surface area (Å²) in [5.74, 6) is 1.07. The van der Waals surface area contributed by atoms with Crippen molar-refractivity contribution in [1.82, 2.24) is 20.2 Å². The van der Waals surface area contributed by atoms with Crippen LogP contribution in [0.5, 0.6) is 0 Å². The van der Waals surface area contributed by atoms with E-state index in [4.69, 9.17) is 11.6 Å². The fourth-order valence-corrected chi connectivity index (χ4v) is 6.41. The van der Waals surface area contributed by atoms with Crippen molar-refractivity contribution in [3.05, 3.63) is 52.4 Å². The number of hydrogen-bond donors (Lipinski definition) is 2. The van der Waals surface area contributed by atoms with Crippen LogP contribution in [0, 0.1) is 0 Å². The number of rotatable bonds is 8. The molecule has 1 aliphatic heterocycles. The minimum Gasteiger partial charge on any atom is -0.387 e. The van der Waals surface area contributed by atoms with Crippen LogP contribution in [0.25, 0.3) is 0 Å². The molecule has 0 amide bonds. The van der Waals surface area contributed by atoms with E-state index < -0.39 is 6.10 Å². The van der Waals surface area contributed by atoms with Crippen molar-refractivity contribution in [3.63, 3.8) is 0 Å². The predicted molar refractivity (Wildman–Crippen MR) is 142 cm³/mol. The fourth-order valence-electron chi connectivity index (χ4n) is 6.28. The molecule has 1 aromatic carbocycles. The van der Waals surface area contributed by atoms with Gasteiger partial charge in [-0.25, -0.2) is 9.97 Å². The van der Waals surface area contributed by atoms with Gasteiger partial charge in [0, 0.05) is 48.7 Å². The van der Waals surface area contributed by atoms with Crippen molar-refractivity contribution in [1.29, 1.82) is 0 Å². The number of fused-ring (bicyclic) bond motifs is 1. The fraction of sp³-hybridized carbons (Fsp3) is 0.607. The third kappa shape index (κ3) is 5.59. The van der Waals surface area contributed by atoms with Crippen LogP contribution in [-0.4, -0.2) is 64.6 Å². The largest absolute Gasteiger partial charge is 0.387 e. The number of hydrogen-bond acceptors (Lipinski definition) is 7. The second kappa shape index (κ2) is 11.5. The van der Waals surface area contributed by atoms with Crippen molar-refractivity contribution < 1.29 is 9.90 Å². The molecule has 0 bridgehead atoms. The van der Waals surface area contributed by atoms with E-state index in [1.54, 1.807) is 6.33 Å². The monoisotopic (exact) mass is 511 g/mol. The number of aliphatic hydroxyl groups excluding tert-OH is 1. The lowest BCUT2D eigenvalue weighted by Crippen LogP contribution is -2.57. The van der Waals surface area contributed by atoms with Gasteiger partial charge in [-0.05, 0) is 49.3 Å². The molecule has 5 rings (SSSR count). The zero-order valence-corrected chi connectivity index (χ0v) is 21.9. The molecule has 2 aliphatic carbocycles. The van der Waals surface area contributed by atoms with Crippen LogP contribution in [0.3, 0.4) is 0 Å². The van der Waals surface area contributed by atoms with Gasteiger partial charge in [0.2, 0.25) is 0 Å². The summed E-state index contributed by atoms with van der Waals surface area (Å²) in [5.41, 5.74) is 2.93. The van der Waals surface area contributed by atoms with Crippen LogP contribution in [0.15, 0.2) is 30.6 Å². The first-order chi connectivity index (χ1) is 17.5. The molecule has 1 saturated carbocycles. The van der Waals surface area contributed by atoms with E-state index >= 15 is 0 Å². The van der Waals surface area contributed by atoms with Gasteiger partial charge in [-0.3, -0.25) is 10.2 Å². The molecule has 2 aromatic rings. The molecule has 8 heteroatoms. The first kappa shape index (κ1) is 25.6. The standard InChI is InChI=1S/C28H38ClN5O2/c1-19-15-24(36)27-26(19)28(31-18-30-27)34-13-11-33(12-14-34)25(32-23-5-3-2-4-6-23)16-21(17-35)20-7-9-22(29)10-8-20/h7-10,17-19,21,23-25,32,36H,2-6,11-16H2,1H3/t19-,21?,24-,25?/m1/s1. The number of nitrogens with zero attached hydrogens (tertiary/aromatic N) is 4. The Morgan fingerprint density at radius 2 is 1.83 bits per heavy atom. The van der Waals surface area contributed by atoms with Gasteiger partial charge in [0.1, 0.15) is 18.4 Å². The molecule has 2 N–H and O–H groups in total. The average molecular weight is 512 g/mol. The Morgan fingerprint density at radius 3 is 2.53 bits per heavy atom. The maximum atomic E-state index is 12.2. The molecule has 0 spiro atoms. The van der Waals surface area contributed by atoms with Crippen molar-refractivity contribution in [2.24, 2.45) is 0 Å². The van der Waals surface area contributed by atoms with Crippen LogP contribution in [0.4, 0.5) is 5.82 Å². The third-order valence-electron chi connectivity index (χ3n) is 8.31. The van der Waals surface area contributed by atoms with Gasteiger partial charge in [0.25, 0.3) is 0 Å². The minimum atomic E-state index is -0.491. The Kier molecular flexibility index (Phi) is 8.21. The highest BCUT2D eigenvalue weighted by Gasteiger charge is 2.35. The Labute approximate surface area is 219 Å². The molecule has 0 radical (unpaired) electrons. The van der Waals surface area contributed by atoms with Gasteiger partial charge in [0.15, 0.2) is 0 Å². The van der Waals surface area contributed by atoms with Gasteiger partial charge in [-0.1, -0.05) is 49.9 Å². The number of halogens is 1. The van der Waals surface area contributed by atoms with E-state index in [2.05, 4.69) is 32.0 Å². The lowest BCUT2D eigenvalue weighted by atomic mass is 9.92. The van der Waals surface area contributed by atoms with Gasteiger partial charge in [-0.15, -0.1) is 0 Å². The van der Waals surface area contributed by atoms with E-state index in [0.29, 0.717) is 17.5 Å². The number of aromatic nitrogens is 2. The second-order valence-electron chi connectivity index (χ2n) is 10.7. The summed E-state index contributed by atoms with van der Waals surface area (Å²) in [6.45, 7) is 5.67. The van der Waals surface area contributed by atoms with Gasteiger partial charge in [0.05, 0.1) is 18.0 Å². The summed E-state index contributed by atoms with van der Waals surface area (Å²) in [6, 6.07) is 8.19. The molecule has 1 saturated heterocycles. The molecule has 2 heterocycles. The molecule has 1 aromatic heterocycles. The highest BCUT2D eigenvalue weighted by molar-refractivity contribution is 6.30. The highest BCUT2D eigenvalue weighted by Crippen LogP contribution is 2.42. The van der Waals surface area contributed by atoms with E-state index in [1.165, 1.54) is 32.1 Å². The van der Waals surface area contributed by atoms with Crippen LogP contribution in [-0.2, 0) is 4.79 Å². The highest BCUT2D eigenvalue weighted by atomic mass is 35.5. The van der Waals surface area contributed by atoms with Crippen LogP contribution in [0.2, 0.25) is 5.02 Å². The molecule has 2 fully saturated rings. The summed E-state index contributed by atoms with van der Waals surface area (Å²) in [7, 11) is 0. The molecule has 36 heavy (non-hydrogen) atoms. The molecular formula is C28H38ClN5O2. The summed E-state index contributed by atoms with van der Waals surface area (Å²) in [5, 5.41) is 15.0. The first-order valence-corrected chi connectivity index (χ1v) is 13.9. The van der Waals surface area contributed by atoms with E-state index in [-0.39, 0.29) is 18.0 Å². The second-order valence-corrected chi connectivity index (χ2v) is 11.2. The van der Waals surface area contributed by atoms with Crippen LogP contribution in [0.1, 0.15) is 86.6 Å². The van der Waals surface area contributed by atoms with Crippen LogP contribution >= 0.6 is 11.6 Å². The number of piperazine rings is 1. The smallest absolute Gasteiger partial charge is 0.135 e. The summed E-state index contributed by atoms with van der Waals surface area (Å²) >= 11 is 6.10. The zero-order chi connectivity index (χ0) is 25.1. The van der Waals surface area contributed by atoms with E-state index in [9.17, 15) is 9.90 Å². The predicted octanol–water partition coefficient (Wildman–Crippen LogP) is 4.41. The Hall–Kier alpha value is -2.06. The summed E-state index contributed by atoms with van der Waals surface area (Å²) in [6.07, 6.45) is 10.1. The summed E-state index contributed by atoms with van der Waals surface area (Å²) in [4.78, 5) is 26.1. The van der Waals surface area contributed by atoms with Gasteiger partial charge >= 0.3 is 0 Å². The average Bonchev–Trinajstić information content (AvgIpc) is 3.21. The van der Waals surface area contributed by atoms with Crippen molar-refractivity contribution in [3.8, 4) is 0 Å². The number of anilines is 1. The number of benzene rings is 1. The number of aldehydes is 1. The quantitative estimate of drug-likeness (QED) is 0.508. The maximum Gasteiger partial charge on any atom is 0.135 e. The normalized spacial score (nSPS) is 24.9. The SMILES string of the molecule is C[C@@H]1C[C@@H](O)c2ncnc(N3CCN(C(CC(C=O)c4ccc(Cl)cc4)NC4CCCCC4)CC3)c21. The molecule has 7 nitrogen and oxygen atoms in total. The molecule has 194 valence electrons. The van der Waals surface area contributed by atoms with Gasteiger partial charge < -0.3 is 14.8 Å². The Balaban J connectivity index is 1.30. The summed E-state index contributed by atoms with van der Waals surface area (Å²) < 4.78 is 0. The Bertz CT molecular complexity index is 1020. The topological polar surface area (TPSA) is 81.6 Å². The number of nitrogens with one attached hydrogen (secondary N) is 1. The van der Waals surface area contributed by atoms with Gasteiger partial charge in [-0.2, -0.15) is 0 Å². The number of carbonyl (C=O) groups is 1. The number of aliphatic hydroxyl groups is 1. The van der Waals surface area contributed by atoms with Crippen molar-refractivity contribution in [2.75, 3.05) is 31.1 Å². The molecule has 4 atom stereocenters. The lowest BCUT2D eigenvalue weighted by molar-refractivity contribution is -0.109. The van der Waals surface area contributed by atoms with Crippen LogP contribution < -0.4 is 10.2 Å². The van der Waals surface area contributed by atoms with Crippen molar-refractivity contribution in [2.45, 2.75) is 82.0 Å². The third-order valence-corrected chi connectivity index (χ3v) is 8.56. The van der Waals surface area contributed by atoms with E-state index in [0.717, 1.165) is 61.5 Å².